The topological polar surface area (TPSA) is 38.7 Å². The van der Waals surface area contributed by atoms with Crippen LogP contribution in [0, 0.1) is 0 Å². The van der Waals surface area contributed by atoms with Crippen molar-refractivity contribution in [2.24, 2.45) is 0 Å². The highest BCUT2D eigenvalue weighted by atomic mass is 32.1. The molecule has 274 valence electrons. The zero-order chi connectivity index (χ0) is 38.9. The Balaban J connectivity index is 1.00. The highest BCUT2D eigenvalue weighted by Gasteiger charge is 2.19. The third kappa shape index (κ3) is 5.60. The van der Waals surface area contributed by atoms with E-state index in [2.05, 4.69) is 164 Å². The van der Waals surface area contributed by atoms with Crippen LogP contribution in [0.2, 0.25) is 0 Å². The highest BCUT2D eigenvalue weighted by Crippen LogP contribution is 2.45. The first-order valence-corrected chi connectivity index (χ1v) is 20.7. The molecule has 12 rings (SSSR count). The molecule has 3 nitrogen and oxygen atoms in total. The smallest absolute Gasteiger partial charge is 0.160 e. The van der Waals surface area contributed by atoms with Gasteiger partial charge in [-0.3, -0.25) is 0 Å². The molecule has 0 bridgehead atoms. The number of nitrogens with zero attached hydrogens (tertiary/aromatic N) is 3. The van der Waals surface area contributed by atoms with Gasteiger partial charge >= 0.3 is 0 Å². The molecule has 0 saturated heterocycles. The molecule has 0 aliphatic heterocycles. The SMILES string of the molecule is c1ccc(-c2cc(-c3ccc(-c4ccc5c(c4)nc(-c4ccc6c7ccccc7c7ccccc7c6c4)c4c6ccccc6sc54)cc3)nc(-c3ccccc3)n2)cc1. The monoisotopic (exact) mass is 767 g/mol. The molecule has 0 spiro atoms. The maximum atomic E-state index is 5.56. The summed E-state index contributed by atoms with van der Waals surface area (Å²) in [4.78, 5) is 15.6. The van der Waals surface area contributed by atoms with Crippen molar-refractivity contribution in [3.05, 3.63) is 200 Å². The summed E-state index contributed by atoms with van der Waals surface area (Å²) in [5.41, 5.74) is 10.2. The van der Waals surface area contributed by atoms with Gasteiger partial charge in [0.25, 0.3) is 0 Å². The number of benzene rings is 9. The van der Waals surface area contributed by atoms with Gasteiger partial charge in [0.1, 0.15) is 0 Å². The minimum Gasteiger partial charge on any atom is -0.247 e. The van der Waals surface area contributed by atoms with E-state index in [4.69, 9.17) is 15.0 Å². The molecule has 9 aromatic carbocycles. The average Bonchev–Trinajstić information content (AvgIpc) is 3.72. The number of pyridine rings is 1. The third-order valence-electron chi connectivity index (χ3n) is 11.7. The lowest BCUT2D eigenvalue weighted by atomic mass is 9.92. The first kappa shape index (κ1) is 33.6. The quantitative estimate of drug-likeness (QED) is 0.164. The van der Waals surface area contributed by atoms with Crippen molar-refractivity contribution in [1.82, 2.24) is 15.0 Å². The van der Waals surface area contributed by atoms with Crippen molar-refractivity contribution in [2.75, 3.05) is 0 Å². The van der Waals surface area contributed by atoms with Gasteiger partial charge in [-0.25, -0.2) is 15.0 Å². The van der Waals surface area contributed by atoms with Crippen LogP contribution in [0.1, 0.15) is 0 Å². The third-order valence-corrected chi connectivity index (χ3v) is 12.9. The minimum absolute atomic E-state index is 0.711. The van der Waals surface area contributed by atoms with Gasteiger partial charge < -0.3 is 0 Å². The molecule has 0 aliphatic carbocycles. The Morgan fingerprint density at radius 1 is 0.305 bits per heavy atom. The molecule has 4 heteroatoms. The lowest BCUT2D eigenvalue weighted by molar-refractivity contribution is 1.18. The van der Waals surface area contributed by atoms with Crippen LogP contribution < -0.4 is 0 Å². The van der Waals surface area contributed by atoms with E-state index in [-0.39, 0.29) is 0 Å². The largest absolute Gasteiger partial charge is 0.247 e. The lowest BCUT2D eigenvalue weighted by Gasteiger charge is -2.13. The molecule has 3 heterocycles. The second-order valence-corrected chi connectivity index (χ2v) is 16.2. The lowest BCUT2D eigenvalue weighted by Crippen LogP contribution is -1.95. The van der Waals surface area contributed by atoms with Gasteiger partial charge in [0.15, 0.2) is 5.82 Å². The van der Waals surface area contributed by atoms with Crippen molar-refractivity contribution in [2.45, 2.75) is 0 Å². The van der Waals surface area contributed by atoms with Crippen molar-refractivity contribution in [3.63, 3.8) is 0 Å². The van der Waals surface area contributed by atoms with Crippen LogP contribution >= 0.6 is 11.3 Å². The molecule has 59 heavy (non-hydrogen) atoms. The molecule has 0 radical (unpaired) electrons. The van der Waals surface area contributed by atoms with Crippen LogP contribution in [0.25, 0.3) is 120 Å². The van der Waals surface area contributed by atoms with E-state index in [0.29, 0.717) is 5.82 Å². The number of thiophene rings is 1. The predicted molar refractivity (Wildman–Crippen MR) is 250 cm³/mol. The molecule has 0 atom stereocenters. The summed E-state index contributed by atoms with van der Waals surface area (Å²) in [5, 5.41) is 11.2. The molecule has 0 aliphatic rings. The normalized spacial score (nSPS) is 11.7. The zero-order valence-corrected chi connectivity index (χ0v) is 32.6. The standard InChI is InChI=1S/C55H33N3S/c1-3-13-35(14-4-1)48-33-49(58-55(57-48)37-15-5-2-6-16-37)36-25-23-34(24-26-36)38-27-30-45-50(32-38)56-53(52-46-21-11-12-22-51(46)59-54(45)52)39-28-29-44-42-19-8-7-17-40(42)41-18-9-10-20-43(41)47(44)31-39/h1-33H. The second kappa shape index (κ2) is 13.6. The Labute approximate surface area is 344 Å². The second-order valence-electron chi connectivity index (χ2n) is 15.1. The van der Waals surface area contributed by atoms with Crippen LogP contribution in [-0.4, -0.2) is 15.0 Å². The van der Waals surface area contributed by atoms with E-state index < -0.39 is 0 Å². The van der Waals surface area contributed by atoms with E-state index >= 15 is 0 Å². The van der Waals surface area contributed by atoms with Crippen molar-refractivity contribution >= 4 is 74.7 Å². The van der Waals surface area contributed by atoms with Crippen LogP contribution in [0.15, 0.2) is 200 Å². The summed E-state index contributed by atoms with van der Waals surface area (Å²) >= 11 is 1.86. The summed E-state index contributed by atoms with van der Waals surface area (Å²) in [6.45, 7) is 0. The number of rotatable bonds is 5. The number of aromatic nitrogens is 3. The molecule has 12 aromatic rings. The summed E-state index contributed by atoms with van der Waals surface area (Å²) in [5.74, 6) is 0.711. The Morgan fingerprint density at radius 3 is 1.47 bits per heavy atom. The number of hydrogen-bond donors (Lipinski definition) is 0. The molecule has 0 unspecified atom stereocenters. The van der Waals surface area contributed by atoms with Gasteiger partial charge in [0, 0.05) is 47.8 Å². The number of hydrogen-bond acceptors (Lipinski definition) is 4. The van der Waals surface area contributed by atoms with Gasteiger partial charge in [-0.15, -0.1) is 11.3 Å². The van der Waals surface area contributed by atoms with Gasteiger partial charge in [-0.2, -0.15) is 0 Å². The fourth-order valence-corrected chi connectivity index (χ4v) is 10.0. The van der Waals surface area contributed by atoms with Crippen LogP contribution in [0.5, 0.6) is 0 Å². The minimum atomic E-state index is 0.711. The van der Waals surface area contributed by atoms with Crippen molar-refractivity contribution in [1.29, 1.82) is 0 Å². The maximum absolute atomic E-state index is 5.56. The molecular weight excluding hydrogens is 735 g/mol. The molecule has 0 amide bonds. The first-order chi connectivity index (χ1) is 29.2. The van der Waals surface area contributed by atoms with Crippen LogP contribution in [0.4, 0.5) is 0 Å². The van der Waals surface area contributed by atoms with E-state index in [1.165, 1.54) is 57.9 Å². The fraction of sp³-hybridized carbons (Fsp3) is 0. The zero-order valence-electron chi connectivity index (χ0n) is 31.8. The van der Waals surface area contributed by atoms with Crippen molar-refractivity contribution in [3.8, 4) is 56.3 Å². The van der Waals surface area contributed by atoms with Crippen LogP contribution in [-0.2, 0) is 0 Å². The van der Waals surface area contributed by atoms with E-state index in [1.54, 1.807) is 0 Å². The molecular formula is C55H33N3S. The maximum Gasteiger partial charge on any atom is 0.160 e. The summed E-state index contributed by atoms with van der Waals surface area (Å²) in [6, 6.07) is 71.3. The summed E-state index contributed by atoms with van der Waals surface area (Å²) in [6.07, 6.45) is 0. The van der Waals surface area contributed by atoms with Crippen LogP contribution in [0.3, 0.4) is 0 Å². The Morgan fingerprint density at radius 2 is 0.797 bits per heavy atom. The molecule has 0 saturated carbocycles. The van der Waals surface area contributed by atoms with Gasteiger partial charge in [-0.05, 0) is 67.7 Å². The Bertz CT molecular complexity index is 3500. The summed E-state index contributed by atoms with van der Waals surface area (Å²) < 4.78 is 2.54. The van der Waals surface area contributed by atoms with E-state index in [1.807, 2.05) is 47.7 Å². The molecule has 0 N–H and O–H groups in total. The van der Waals surface area contributed by atoms with E-state index in [0.717, 1.165) is 56.0 Å². The first-order valence-electron chi connectivity index (χ1n) is 19.9. The fourth-order valence-electron chi connectivity index (χ4n) is 8.81. The molecule has 0 fully saturated rings. The van der Waals surface area contributed by atoms with Gasteiger partial charge in [0.2, 0.25) is 0 Å². The van der Waals surface area contributed by atoms with E-state index in [9.17, 15) is 0 Å². The predicted octanol–water partition coefficient (Wildman–Crippen LogP) is 15.2. The highest BCUT2D eigenvalue weighted by molar-refractivity contribution is 7.26. The Kier molecular flexibility index (Phi) is 7.72. The van der Waals surface area contributed by atoms with Crippen molar-refractivity contribution < 1.29 is 0 Å². The number of fused-ring (bicyclic) bond motifs is 11. The average molecular weight is 768 g/mol. The van der Waals surface area contributed by atoms with Gasteiger partial charge in [-0.1, -0.05) is 176 Å². The Hall–Kier alpha value is -7.53. The van der Waals surface area contributed by atoms with Gasteiger partial charge in [0.05, 0.1) is 22.6 Å². The molecule has 3 aromatic heterocycles. The summed E-state index contributed by atoms with van der Waals surface area (Å²) in [7, 11) is 0.